The molecule has 4 heteroatoms. The molecule has 0 unspecified atom stereocenters. The Hall–Kier alpha value is -2.46. The van der Waals surface area contributed by atoms with Crippen LogP contribution in [0.3, 0.4) is 0 Å². The molecule has 0 aliphatic carbocycles. The fourth-order valence-electron chi connectivity index (χ4n) is 2.43. The van der Waals surface area contributed by atoms with Crippen molar-refractivity contribution in [2.24, 2.45) is 0 Å². The van der Waals surface area contributed by atoms with Gasteiger partial charge in [0.05, 0.1) is 0 Å². The van der Waals surface area contributed by atoms with E-state index in [1.54, 1.807) is 18.2 Å². The summed E-state index contributed by atoms with van der Waals surface area (Å²) >= 11 is 0. The Balaban J connectivity index is 0.00000158. The quantitative estimate of drug-likeness (QED) is 0.387. The van der Waals surface area contributed by atoms with Crippen LogP contribution < -0.4 is 11.1 Å². The second kappa shape index (κ2) is 14.7. The fourth-order valence-corrected chi connectivity index (χ4v) is 2.43. The standard InChI is InChI=1S/C19H22N2O2.2C2H6/c1-14-6-2-3-7-15(14)18(22)10-12-21-13-11-19(23)16-8-4-5-9-17(16)20;2*1-2/h2-9,21H,10-13,20H2,1H3;2*1-2H3. The van der Waals surface area contributed by atoms with Gasteiger partial charge in [-0.3, -0.25) is 9.59 Å². The molecule has 2 aromatic rings. The van der Waals surface area contributed by atoms with Crippen LogP contribution in [0.4, 0.5) is 5.69 Å². The Morgan fingerprint density at radius 3 is 1.74 bits per heavy atom. The lowest BCUT2D eigenvalue weighted by atomic mass is 10.0. The molecule has 0 heterocycles. The minimum atomic E-state index is 0.0147. The van der Waals surface area contributed by atoms with Gasteiger partial charge in [-0.25, -0.2) is 0 Å². The van der Waals surface area contributed by atoms with Crippen molar-refractivity contribution < 1.29 is 9.59 Å². The number of hydrogen-bond donors (Lipinski definition) is 2. The summed E-state index contributed by atoms with van der Waals surface area (Å²) in [7, 11) is 0. The van der Waals surface area contributed by atoms with Gasteiger partial charge >= 0.3 is 0 Å². The van der Waals surface area contributed by atoms with Gasteiger partial charge in [-0.05, 0) is 24.6 Å². The summed E-state index contributed by atoms with van der Waals surface area (Å²) in [6, 6.07) is 14.6. The van der Waals surface area contributed by atoms with Gasteiger partial charge in [-0.15, -0.1) is 0 Å². The van der Waals surface area contributed by atoms with Crippen LogP contribution in [0.25, 0.3) is 0 Å². The van der Waals surface area contributed by atoms with Gasteiger partial charge in [0.25, 0.3) is 0 Å². The van der Waals surface area contributed by atoms with E-state index in [-0.39, 0.29) is 11.6 Å². The van der Waals surface area contributed by atoms with E-state index in [9.17, 15) is 9.59 Å². The first-order valence-electron chi connectivity index (χ1n) is 9.77. The lowest BCUT2D eigenvalue weighted by molar-refractivity contribution is 0.0982. The highest BCUT2D eigenvalue weighted by molar-refractivity contribution is 6.00. The number of para-hydroxylation sites is 1. The molecule has 4 nitrogen and oxygen atoms in total. The van der Waals surface area contributed by atoms with Crippen molar-refractivity contribution in [2.45, 2.75) is 47.5 Å². The van der Waals surface area contributed by atoms with E-state index in [0.717, 1.165) is 11.1 Å². The Kier molecular flexibility index (Phi) is 13.3. The fraction of sp³-hybridized carbons (Fsp3) is 0.391. The van der Waals surface area contributed by atoms with Crippen LogP contribution in [0.2, 0.25) is 0 Å². The second-order valence-corrected chi connectivity index (χ2v) is 5.50. The van der Waals surface area contributed by atoms with Crippen LogP contribution in [0, 0.1) is 6.92 Å². The summed E-state index contributed by atoms with van der Waals surface area (Å²) < 4.78 is 0. The van der Waals surface area contributed by atoms with Crippen molar-refractivity contribution in [1.82, 2.24) is 5.32 Å². The molecule has 27 heavy (non-hydrogen) atoms. The van der Waals surface area contributed by atoms with E-state index in [4.69, 9.17) is 5.73 Å². The summed E-state index contributed by atoms with van der Waals surface area (Å²) in [4.78, 5) is 24.1. The molecule has 0 radical (unpaired) electrons. The second-order valence-electron chi connectivity index (χ2n) is 5.50. The highest BCUT2D eigenvalue weighted by Gasteiger charge is 2.10. The molecule has 0 fully saturated rings. The third-order valence-electron chi connectivity index (χ3n) is 3.76. The number of hydrogen-bond acceptors (Lipinski definition) is 4. The number of ketones is 2. The van der Waals surface area contributed by atoms with Gasteiger partial charge in [0, 0.05) is 42.7 Å². The molecular weight excluding hydrogens is 336 g/mol. The maximum absolute atomic E-state index is 12.1. The van der Waals surface area contributed by atoms with Crippen molar-refractivity contribution >= 4 is 17.3 Å². The summed E-state index contributed by atoms with van der Waals surface area (Å²) in [5.41, 5.74) is 8.61. The number of benzene rings is 2. The number of rotatable bonds is 8. The summed E-state index contributed by atoms with van der Waals surface area (Å²) in [5, 5.41) is 3.14. The zero-order valence-corrected chi connectivity index (χ0v) is 17.3. The number of nitrogens with one attached hydrogen (secondary N) is 1. The lowest BCUT2D eigenvalue weighted by Crippen LogP contribution is -2.22. The molecule has 0 aliphatic rings. The first-order chi connectivity index (χ1) is 13.1. The number of Topliss-reactive ketones (excluding diaryl/α,β-unsaturated/α-hetero) is 2. The lowest BCUT2D eigenvalue weighted by Gasteiger charge is -2.07. The van der Waals surface area contributed by atoms with E-state index in [2.05, 4.69) is 5.32 Å². The monoisotopic (exact) mass is 370 g/mol. The number of aryl methyl sites for hydroxylation is 1. The average molecular weight is 371 g/mol. The van der Waals surface area contributed by atoms with Gasteiger partial charge in [0.15, 0.2) is 11.6 Å². The van der Waals surface area contributed by atoms with Gasteiger partial charge in [0.2, 0.25) is 0 Å². The van der Waals surface area contributed by atoms with Gasteiger partial charge in [0.1, 0.15) is 0 Å². The van der Waals surface area contributed by atoms with Gasteiger partial charge < -0.3 is 11.1 Å². The van der Waals surface area contributed by atoms with Crippen LogP contribution in [0.1, 0.15) is 66.8 Å². The smallest absolute Gasteiger partial charge is 0.166 e. The first-order valence-corrected chi connectivity index (χ1v) is 9.77. The molecule has 0 bridgehead atoms. The molecule has 0 aliphatic heterocycles. The van der Waals surface area contributed by atoms with Crippen LogP contribution in [-0.2, 0) is 0 Å². The minimum Gasteiger partial charge on any atom is -0.398 e. The number of nitrogens with two attached hydrogens (primary N) is 1. The average Bonchev–Trinajstić information content (AvgIpc) is 2.71. The SMILES string of the molecule is CC.CC.Cc1ccccc1C(=O)CCNCCC(=O)c1ccccc1N. The number of nitrogen functional groups attached to an aromatic ring is 1. The molecule has 0 aromatic heterocycles. The van der Waals surface area contributed by atoms with Crippen LogP contribution in [-0.4, -0.2) is 24.7 Å². The molecule has 2 aromatic carbocycles. The topological polar surface area (TPSA) is 72.2 Å². The first kappa shape index (κ1) is 24.5. The Labute approximate surface area is 164 Å². The minimum absolute atomic E-state index is 0.0147. The van der Waals surface area contributed by atoms with E-state index < -0.39 is 0 Å². The number of carbonyl (C=O) groups excluding carboxylic acids is 2. The Bertz CT molecular complexity index is 637. The molecule has 0 saturated carbocycles. The van der Waals surface area contributed by atoms with Crippen LogP contribution >= 0.6 is 0 Å². The van der Waals surface area contributed by atoms with Gasteiger partial charge in [-0.1, -0.05) is 64.1 Å². The molecule has 0 spiro atoms. The molecule has 3 N–H and O–H groups in total. The van der Waals surface area contributed by atoms with Crippen molar-refractivity contribution in [3.05, 3.63) is 65.2 Å². The molecule has 148 valence electrons. The maximum Gasteiger partial charge on any atom is 0.166 e. The van der Waals surface area contributed by atoms with E-state index in [0.29, 0.717) is 37.2 Å². The van der Waals surface area contributed by atoms with Crippen molar-refractivity contribution in [3.8, 4) is 0 Å². The van der Waals surface area contributed by atoms with Crippen LogP contribution in [0.5, 0.6) is 0 Å². The summed E-state index contributed by atoms with van der Waals surface area (Å²) in [5.74, 6) is 0.134. The summed E-state index contributed by atoms with van der Waals surface area (Å²) in [6.07, 6.45) is 0.791. The Morgan fingerprint density at radius 2 is 1.22 bits per heavy atom. The molecule has 0 atom stereocenters. The molecule has 0 saturated heterocycles. The van der Waals surface area contributed by atoms with E-state index >= 15 is 0 Å². The van der Waals surface area contributed by atoms with Gasteiger partial charge in [-0.2, -0.15) is 0 Å². The third kappa shape index (κ3) is 8.65. The number of carbonyl (C=O) groups is 2. The highest BCUT2D eigenvalue weighted by atomic mass is 16.1. The van der Waals surface area contributed by atoms with Crippen molar-refractivity contribution in [1.29, 1.82) is 0 Å². The third-order valence-corrected chi connectivity index (χ3v) is 3.76. The van der Waals surface area contributed by atoms with Crippen LogP contribution in [0.15, 0.2) is 48.5 Å². The maximum atomic E-state index is 12.1. The van der Waals surface area contributed by atoms with Crippen molar-refractivity contribution in [3.63, 3.8) is 0 Å². The van der Waals surface area contributed by atoms with Crippen molar-refractivity contribution in [2.75, 3.05) is 18.8 Å². The van der Waals surface area contributed by atoms with E-state index in [1.807, 2.05) is 65.0 Å². The Morgan fingerprint density at radius 1 is 0.778 bits per heavy atom. The zero-order valence-electron chi connectivity index (χ0n) is 17.3. The largest absolute Gasteiger partial charge is 0.398 e. The zero-order chi connectivity index (χ0) is 20.7. The molecule has 2 rings (SSSR count). The predicted molar refractivity (Wildman–Crippen MR) is 115 cm³/mol. The molecular formula is C23H34N2O2. The highest BCUT2D eigenvalue weighted by Crippen LogP contribution is 2.12. The van der Waals surface area contributed by atoms with E-state index in [1.165, 1.54) is 0 Å². The molecule has 0 amide bonds. The summed E-state index contributed by atoms with van der Waals surface area (Å²) in [6.45, 7) is 11.0. The number of anilines is 1. The normalized spacial score (nSPS) is 9.37. The predicted octanol–water partition coefficient (Wildman–Crippen LogP) is 5.07.